The molecule has 0 amide bonds. The third-order valence-electron chi connectivity index (χ3n) is 2.86. The van der Waals surface area contributed by atoms with E-state index in [1.54, 1.807) is 13.0 Å². The Hall–Kier alpha value is -1.18. The van der Waals surface area contributed by atoms with Gasteiger partial charge in [-0.15, -0.1) is 0 Å². The molecule has 0 unspecified atom stereocenters. The van der Waals surface area contributed by atoms with E-state index >= 15 is 0 Å². The lowest BCUT2D eigenvalue weighted by atomic mass is 9.95. The molecule has 1 aromatic rings. The van der Waals surface area contributed by atoms with Crippen LogP contribution in [0.5, 0.6) is 0 Å². The molecule has 1 nitrogen and oxygen atoms in total. The van der Waals surface area contributed by atoms with Gasteiger partial charge in [-0.25, -0.2) is 4.39 Å². The number of hydrogen-bond acceptors (Lipinski definition) is 1. The molecule has 0 aliphatic heterocycles. The molecule has 2 rings (SSSR count). The lowest BCUT2D eigenvalue weighted by Gasteiger charge is -2.09. The van der Waals surface area contributed by atoms with Gasteiger partial charge in [0.1, 0.15) is 12.1 Å². The molecule has 2 heteroatoms. The summed E-state index contributed by atoms with van der Waals surface area (Å²) in [6, 6.07) is 5.09. The minimum atomic E-state index is -0.213. The summed E-state index contributed by atoms with van der Waals surface area (Å²) >= 11 is 0. The molecular formula is C12H13FO. The average Bonchev–Trinajstić information content (AvgIpc) is 2.96. The van der Waals surface area contributed by atoms with E-state index in [1.807, 2.05) is 6.07 Å². The van der Waals surface area contributed by atoms with Crippen molar-refractivity contribution in [2.75, 3.05) is 0 Å². The minimum Gasteiger partial charge on any atom is -0.303 e. The van der Waals surface area contributed by atoms with E-state index in [-0.39, 0.29) is 11.7 Å². The Morgan fingerprint density at radius 1 is 1.50 bits per heavy atom. The number of halogens is 1. The van der Waals surface area contributed by atoms with Crippen LogP contribution in [0.15, 0.2) is 18.2 Å². The van der Waals surface area contributed by atoms with Crippen molar-refractivity contribution in [3.05, 3.63) is 35.1 Å². The highest BCUT2D eigenvalue weighted by atomic mass is 19.1. The van der Waals surface area contributed by atoms with Gasteiger partial charge in [0, 0.05) is 5.92 Å². The van der Waals surface area contributed by atoms with Crippen LogP contribution in [-0.4, -0.2) is 6.29 Å². The molecule has 0 N–H and O–H groups in total. The van der Waals surface area contributed by atoms with Crippen molar-refractivity contribution in [3.63, 3.8) is 0 Å². The summed E-state index contributed by atoms with van der Waals surface area (Å²) in [4.78, 5) is 10.9. The number of carbonyl (C=O) groups is 1. The monoisotopic (exact) mass is 192 g/mol. The van der Waals surface area contributed by atoms with Gasteiger partial charge < -0.3 is 4.79 Å². The molecule has 1 aliphatic rings. The minimum absolute atomic E-state index is 0.0925. The van der Waals surface area contributed by atoms with Gasteiger partial charge in [-0.2, -0.15) is 0 Å². The van der Waals surface area contributed by atoms with Crippen molar-refractivity contribution in [1.82, 2.24) is 0 Å². The highest BCUT2D eigenvalue weighted by Crippen LogP contribution is 2.41. The number of benzene rings is 1. The van der Waals surface area contributed by atoms with Gasteiger partial charge in [0.2, 0.25) is 0 Å². The highest BCUT2D eigenvalue weighted by molar-refractivity contribution is 5.63. The van der Waals surface area contributed by atoms with E-state index in [0.29, 0.717) is 11.5 Å². The normalized spacial score (nSPS) is 17.9. The maximum Gasteiger partial charge on any atom is 0.127 e. The Kier molecular flexibility index (Phi) is 2.36. The van der Waals surface area contributed by atoms with Crippen molar-refractivity contribution in [3.8, 4) is 0 Å². The lowest BCUT2D eigenvalue weighted by molar-refractivity contribution is -0.109. The number of aldehydes is 1. The Morgan fingerprint density at radius 2 is 2.21 bits per heavy atom. The summed E-state index contributed by atoms with van der Waals surface area (Å²) in [5, 5.41) is 0. The molecule has 0 heterocycles. The first kappa shape index (κ1) is 9.38. The van der Waals surface area contributed by atoms with Crippen LogP contribution >= 0.6 is 0 Å². The van der Waals surface area contributed by atoms with Crippen molar-refractivity contribution in [2.24, 2.45) is 5.92 Å². The zero-order chi connectivity index (χ0) is 10.1. The summed E-state index contributed by atoms with van der Waals surface area (Å²) < 4.78 is 13.2. The van der Waals surface area contributed by atoms with E-state index in [2.05, 4.69) is 0 Å². The first-order valence-corrected chi connectivity index (χ1v) is 4.93. The molecule has 1 atom stereocenters. The molecular weight excluding hydrogens is 179 g/mol. The van der Waals surface area contributed by atoms with Gasteiger partial charge in [-0.3, -0.25) is 0 Å². The van der Waals surface area contributed by atoms with Crippen molar-refractivity contribution >= 4 is 6.29 Å². The van der Waals surface area contributed by atoms with Crippen LogP contribution in [0, 0.1) is 18.7 Å². The molecule has 1 aliphatic carbocycles. The third-order valence-corrected chi connectivity index (χ3v) is 2.86. The summed E-state index contributed by atoms with van der Waals surface area (Å²) in [7, 11) is 0. The largest absolute Gasteiger partial charge is 0.303 e. The van der Waals surface area contributed by atoms with Crippen LogP contribution in [0.2, 0.25) is 0 Å². The van der Waals surface area contributed by atoms with Gasteiger partial charge >= 0.3 is 0 Å². The first-order valence-electron chi connectivity index (χ1n) is 4.93. The van der Waals surface area contributed by atoms with Gasteiger partial charge in [0.05, 0.1) is 0 Å². The van der Waals surface area contributed by atoms with Gasteiger partial charge in [0.15, 0.2) is 0 Å². The smallest absolute Gasteiger partial charge is 0.127 e. The number of carbonyl (C=O) groups excluding carboxylic acids is 1. The zero-order valence-electron chi connectivity index (χ0n) is 8.16. The summed E-state index contributed by atoms with van der Waals surface area (Å²) in [6.07, 6.45) is 3.14. The second-order valence-corrected chi connectivity index (χ2v) is 4.01. The number of rotatable bonds is 3. The molecule has 0 saturated heterocycles. The lowest BCUT2D eigenvalue weighted by Crippen LogP contribution is -2.03. The van der Waals surface area contributed by atoms with Crippen molar-refractivity contribution in [1.29, 1.82) is 0 Å². The Balaban J connectivity index is 2.29. The number of aryl methyl sites for hydroxylation is 1. The van der Waals surface area contributed by atoms with Crippen LogP contribution < -0.4 is 0 Å². The van der Waals surface area contributed by atoms with Crippen LogP contribution in [0.1, 0.15) is 29.9 Å². The van der Waals surface area contributed by atoms with Crippen LogP contribution in [0.25, 0.3) is 0 Å². The Morgan fingerprint density at radius 3 is 2.71 bits per heavy atom. The highest BCUT2D eigenvalue weighted by Gasteiger charge is 2.32. The van der Waals surface area contributed by atoms with Gasteiger partial charge in [0.25, 0.3) is 0 Å². The molecule has 1 aromatic carbocycles. The predicted molar refractivity (Wildman–Crippen MR) is 52.7 cm³/mol. The maximum absolute atomic E-state index is 13.2. The standard InChI is InChI=1S/C12H13FO/c1-8-2-3-10(6-12(8)13)11(7-14)9-4-5-9/h2-3,6-7,9,11H,4-5H2,1H3/t11-/m0/s1. The second-order valence-electron chi connectivity index (χ2n) is 4.01. The molecule has 14 heavy (non-hydrogen) atoms. The summed E-state index contributed by atoms with van der Waals surface area (Å²) in [6.45, 7) is 1.73. The van der Waals surface area contributed by atoms with Crippen LogP contribution in [0.4, 0.5) is 4.39 Å². The van der Waals surface area contributed by atoms with E-state index in [1.165, 1.54) is 6.07 Å². The fourth-order valence-electron chi connectivity index (χ4n) is 1.73. The van der Waals surface area contributed by atoms with Gasteiger partial charge in [-0.1, -0.05) is 12.1 Å². The van der Waals surface area contributed by atoms with E-state index in [9.17, 15) is 9.18 Å². The first-order chi connectivity index (χ1) is 6.72. The van der Waals surface area contributed by atoms with Crippen LogP contribution in [0.3, 0.4) is 0 Å². The fraction of sp³-hybridized carbons (Fsp3) is 0.417. The topological polar surface area (TPSA) is 17.1 Å². The zero-order valence-corrected chi connectivity index (χ0v) is 8.16. The molecule has 1 fully saturated rings. The van der Waals surface area contributed by atoms with E-state index in [4.69, 9.17) is 0 Å². The second kappa shape index (κ2) is 3.52. The molecule has 0 spiro atoms. The molecule has 74 valence electrons. The van der Waals surface area contributed by atoms with Crippen molar-refractivity contribution in [2.45, 2.75) is 25.7 Å². The van der Waals surface area contributed by atoms with Crippen molar-refractivity contribution < 1.29 is 9.18 Å². The molecule has 1 saturated carbocycles. The average molecular weight is 192 g/mol. The fourth-order valence-corrected chi connectivity index (χ4v) is 1.73. The Labute approximate surface area is 82.9 Å². The summed E-state index contributed by atoms with van der Waals surface area (Å²) in [5.74, 6) is 0.148. The maximum atomic E-state index is 13.2. The predicted octanol–water partition coefficient (Wildman–Crippen LogP) is 2.83. The molecule has 0 bridgehead atoms. The van der Waals surface area contributed by atoms with Gasteiger partial charge in [-0.05, 0) is 42.9 Å². The van der Waals surface area contributed by atoms with Crippen LogP contribution in [-0.2, 0) is 4.79 Å². The number of hydrogen-bond donors (Lipinski definition) is 0. The Bertz CT molecular complexity index is 355. The quantitative estimate of drug-likeness (QED) is 0.673. The SMILES string of the molecule is Cc1ccc([C@@H](C=O)C2CC2)cc1F. The van der Waals surface area contributed by atoms with E-state index < -0.39 is 0 Å². The summed E-state index contributed by atoms with van der Waals surface area (Å²) in [5.41, 5.74) is 1.46. The van der Waals surface area contributed by atoms with E-state index in [0.717, 1.165) is 24.7 Å². The molecule has 0 radical (unpaired) electrons. The molecule has 0 aromatic heterocycles. The third kappa shape index (κ3) is 1.69.